The van der Waals surface area contributed by atoms with Gasteiger partial charge in [-0.15, -0.1) is 0 Å². The van der Waals surface area contributed by atoms with Gasteiger partial charge in [0.25, 0.3) is 0 Å². The minimum absolute atomic E-state index is 0.195. The Labute approximate surface area is 204 Å². The second kappa shape index (κ2) is 12.6. The highest BCUT2D eigenvalue weighted by atomic mass is 16.5. The van der Waals surface area contributed by atoms with E-state index < -0.39 is 0 Å². The average molecular weight is 487 g/mol. The molecule has 35 heavy (non-hydrogen) atoms. The topological polar surface area (TPSA) is 111 Å². The van der Waals surface area contributed by atoms with Crippen molar-refractivity contribution in [1.82, 2.24) is 5.16 Å². The quantitative estimate of drug-likeness (QED) is 0.358. The van der Waals surface area contributed by atoms with Crippen molar-refractivity contribution in [3.63, 3.8) is 0 Å². The smallest absolute Gasteiger partial charge is 0.226 e. The third kappa shape index (κ3) is 6.23. The van der Waals surface area contributed by atoms with Crippen molar-refractivity contribution in [3.05, 3.63) is 36.5 Å². The standard InChI is InChI=1S/C25H30N2O8/c1-29-10-11-34-9-8-23(28)27-19-12-16(6-7-20(19)30-2)18-15-26-35-24(18)17-13-21(31-3)25(33-5)22(14-17)32-4/h6-7,12-15H,8-11H2,1-5H3,(H,27,28). The van der Waals surface area contributed by atoms with Gasteiger partial charge in [0.2, 0.25) is 11.7 Å². The number of hydrogen-bond acceptors (Lipinski definition) is 9. The van der Waals surface area contributed by atoms with Gasteiger partial charge in [-0.1, -0.05) is 11.2 Å². The van der Waals surface area contributed by atoms with E-state index in [1.54, 1.807) is 66.0 Å². The number of nitrogens with one attached hydrogen (secondary N) is 1. The summed E-state index contributed by atoms with van der Waals surface area (Å²) in [5, 5.41) is 6.88. The number of carbonyl (C=O) groups excluding carboxylic acids is 1. The summed E-state index contributed by atoms with van der Waals surface area (Å²) < 4.78 is 37.7. The summed E-state index contributed by atoms with van der Waals surface area (Å²) in [7, 11) is 7.77. The van der Waals surface area contributed by atoms with Crippen LogP contribution in [0.1, 0.15) is 6.42 Å². The molecule has 0 saturated carbocycles. The number of carbonyl (C=O) groups is 1. The fourth-order valence-electron chi connectivity index (χ4n) is 3.46. The molecule has 1 aromatic heterocycles. The summed E-state index contributed by atoms with van der Waals surface area (Å²) >= 11 is 0. The zero-order valence-electron chi connectivity index (χ0n) is 20.5. The van der Waals surface area contributed by atoms with Crippen LogP contribution < -0.4 is 24.3 Å². The maximum atomic E-state index is 12.5. The predicted molar refractivity (Wildman–Crippen MR) is 130 cm³/mol. The molecule has 0 fully saturated rings. The third-order valence-electron chi connectivity index (χ3n) is 5.19. The minimum Gasteiger partial charge on any atom is -0.495 e. The van der Waals surface area contributed by atoms with Gasteiger partial charge in [0, 0.05) is 18.2 Å². The predicted octanol–water partition coefficient (Wildman–Crippen LogP) is 4.03. The Morgan fingerprint density at radius 1 is 0.857 bits per heavy atom. The Morgan fingerprint density at radius 3 is 2.20 bits per heavy atom. The molecule has 3 aromatic rings. The van der Waals surface area contributed by atoms with Gasteiger partial charge in [-0.3, -0.25) is 4.79 Å². The molecule has 10 nitrogen and oxygen atoms in total. The molecule has 3 rings (SSSR count). The highest BCUT2D eigenvalue weighted by molar-refractivity contribution is 5.94. The molecule has 1 amide bonds. The van der Waals surface area contributed by atoms with Crippen LogP contribution in [-0.2, 0) is 14.3 Å². The van der Waals surface area contributed by atoms with Crippen LogP contribution in [0.15, 0.2) is 41.1 Å². The first-order valence-electron chi connectivity index (χ1n) is 10.9. The first kappa shape index (κ1) is 25.9. The van der Waals surface area contributed by atoms with Gasteiger partial charge in [-0.25, -0.2) is 0 Å². The molecule has 2 aromatic carbocycles. The van der Waals surface area contributed by atoms with E-state index in [1.807, 2.05) is 6.07 Å². The molecule has 0 spiro atoms. The molecule has 0 radical (unpaired) electrons. The second-order valence-corrected chi connectivity index (χ2v) is 7.30. The average Bonchev–Trinajstić information content (AvgIpc) is 3.37. The van der Waals surface area contributed by atoms with E-state index in [0.717, 1.165) is 5.56 Å². The van der Waals surface area contributed by atoms with E-state index in [0.29, 0.717) is 58.8 Å². The normalized spacial score (nSPS) is 10.7. The van der Waals surface area contributed by atoms with E-state index >= 15 is 0 Å². The largest absolute Gasteiger partial charge is 0.495 e. The monoisotopic (exact) mass is 486 g/mol. The van der Waals surface area contributed by atoms with Crippen molar-refractivity contribution >= 4 is 11.6 Å². The molecule has 0 bridgehead atoms. The minimum atomic E-state index is -0.201. The number of anilines is 1. The molecule has 10 heteroatoms. The van der Waals surface area contributed by atoms with Gasteiger partial charge >= 0.3 is 0 Å². The number of aromatic nitrogens is 1. The molecule has 188 valence electrons. The Kier molecular flexibility index (Phi) is 9.33. The number of hydrogen-bond donors (Lipinski definition) is 1. The lowest BCUT2D eigenvalue weighted by Crippen LogP contribution is -2.15. The summed E-state index contributed by atoms with van der Waals surface area (Å²) in [6.07, 6.45) is 1.80. The van der Waals surface area contributed by atoms with Crippen molar-refractivity contribution in [2.45, 2.75) is 6.42 Å². The molecular formula is C25H30N2O8. The summed E-state index contributed by atoms with van der Waals surface area (Å²) in [6.45, 7) is 1.19. The summed E-state index contributed by atoms with van der Waals surface area (Å²) in [5.41, 5.74) is 2.67. The van der Waals surface area contributed by atoms with Crippen LogP contribution in [0.25, 0.3) is 22.5 Å². The van der Waals surface area contributed by atoms with Crippen molar-refractivity contribution in [2.75, 3.05) is 60.7 Å². The van der Waals surface area contributed by atoms with Gasteiger partial charge < -0.3 is 38.3 Å². The summed E-state index contributed by atoms with van der Waals surface area (Å²) in [6, 6.07) is 8.99. The number of rotatable bonds is 13. The van der Waals surface area contributed by atoms with E-state index in [9.17, 15) is 4.79 Å². The maximum absolute atomic E-state index is 12.5. The lowest BCUT2D eigenvalue weighted by atomic mass is 10.0. The molecule has 0 saturated heterocycles. The van der Waals surface area contributed by atoms with Crippen LogP contribution in [0.5, 0.6) is 23.0 Å². The van der Waals surface area contributed by atoms with Crippen molar-refractivity contribution < 1.29 is 37.7 Å². The van der Waals surface area contributed by atoms with Crippen LogP contribution in [0.3, 0.4) is 0 Å². The molecule has 0 aliphatic rings. The lowest BCUT2D eigenvalue weighted by Gasteiger charge is -2.14. The maximum Gasteiger partial charge on any atom is 0.226 e. The third-order valence-corrected chi connectivity index (χ3v) is 5.19. The number of ether oxygens (including phenoxy) is 6. The van der Waals surface area contributed by atoms with Gasteiger partial charge in [0.1, 0.15) is 5.75 Å². The van der Waals surface area contributed by atoms with Gasteiger partial charge in [-0.05, 0) is 29.8 Å². The molecule has 0 aliphatic carbocycles. The van der Waals surface area contributed by atoms with Crippen molar-refractivity contribution in [3.8, 4) is 45.4 Å². The Morgan fingerprint density at radius 2 is 1.57 bits per heavy atom. The van der Waals surface area contributed by atoms with Crippen molar-refractivity contribution in [2.24, 2.45) is 0 Å². The summed E-state index contributed by atoms with van der Waals surface area (Å²) in [5.74, 6) is 2.26. The van der Waals surface area contributed by atoms with E-state index in [-0.39, 0.29) is 18.9 Å². The molecule has 0 unspecified atom stereocenters. The van der Waals surface area contributed by atoms with Crippen LogP contribution in [0.4, 0.5) is 5.69 Å². The molecule has 0 aliphatic heterocycles. The van der Waals surface area contributed by atoms with Gasteiger partial charge in [0.05, 0.1) is 66.6 Å². The van der Waals surface area contributed by atoms with E-state index in [4.69, 9.17) is 32.9 Å². The van der Waals surface area contributed by atoms with Crippen LogP contribution in [-0.4, -0.2) is 66.4 Å². The number of benzene rings is 2. The molecule has 0 atom stereocenters. The molecule has 1 N–H and O–H groups in total. The van der Waals surface area contributed by atoms with Crippen molar-refractivity contribution in [1.29, 1.82) is 0 Å². The lowest BCUT2D eigenvalue weighted by molar-refractivity contribution is -0.117. The van der Waals surface area contributed by atoms with Crippen LogP contribution >= 0.6 is 0 Å². The Bertz CT molecular complexity index is 1100. The van der Waals surface area contributed by atoms with Crippen LogP contribution in [0, 0.1) is 0 Å². The number of methoxy groups -OCH3 is 5. The van der Waals surface area contributed by atoms with E-state index in [1.165, 1.54) is 0 Å². The SMILES string of the molecule is COCCOCCC(=O)Nc1cc(-c2cnoc2-c2cc(OC)c(OC)c(OC)c2)ccc1OC. The van der Waals surface area contributed by atoms with Gasteiger partial charge in [-0.2, -0.15) is 0 Å². The zero-order chi connectivity index (χ0) is 25.2. The summed E-state index contributed by atoms with van der Waals surface area (Å²) in [4.78, 5) is 12.5. The van der Waals surface area contributed by atoms with Gasteiger partial charge in [0.15, 0.2) is 17.3 Å². The highest BCUT2D eigenvalue weighted by Crippen LogP contribution is 2.44. The highest BCUT2D eigenvalue weighted by Gasteiger charge is 2.20. The Balaban J connectivity index is 1.89. The second-order valence-electron chi connectivity index (χ2n) is 7.30. The zero-order valence-corrected chi connectivity index (χ0v) is 20.5. The first-order chi connectivity index (χ1) is 17.1. The number of nitrogens with zero attached hydrogens (tertiary/aromatic N) is 1. The Hall–Kier alpha value is -3.76. The number of amides is 1. The van der Waals surface area contributed by atoms with E-state index in [2.05, 4.69) is 10.5 Å². The fourth-order valence-corrected chi connectivity index (χ4v) is 3.46. The fraction of sp³-hybridized carbons (Fsp3) is 0.360. The first-order valence-corrected chi connectivity index (χ1v) is 10.9. The molecular weight excluding hydrogens is 456 g/mol. The van der Waals surface area contributed by atoms with Crippen LogP contribution in [0.2, 0.25) is 0 Å². The molecule has 1 heterocycles.